The number of carbonyl (C=O) groups excluding carboxylic acids is 1. The Kier molecular flexibility index (Phi) is 4.12. The quantitative estimate of drug-likeness (QED) is 0.301. The predicted octanol–water partition coefficient (Wildman–Crippen LogP) is 4.53. The van der Waals surface area contributed by atoms with Crippen molar-refractivity contribution in [1.82, 2.24) is 4.98 Å². The lowest BCUT2D eigenvalue weighted by atomic mass is 10.1. The Morgan fingerprint density at radius 1 is 1.08 bits per heavy atom. The largest absolute Gasteiger partial charge is 0.431 e. The van der Waals surface area contributed by atoms with Gasteiger partial charge in [0.05, 0.1) is 5.75 Å². The topological polar surface area (TPSA) is 73.3 Å². The van der Waals surface area contributed by atoms with Crippen LogP contribution in [0.5, 0.6) is 0 Å². The van der Waals surface area contributed by atoms with Gasteiger partial charge >= 0.3 is 5.63 Å². The maximum Gasteiger partial charge on any atom is 0.336 e. The molecule has 0 fully saturated rings. The van der Waals surface area contributed by atoms with Gasteiger partial charge in [-0.2, -0.15) is 0 Å². The molecule has 130 valence electrons. The summed E-state index contributed by atoms with van der Waals surface area (Å²) in [5.74, 6) is 0.255. The third-order valence-electron chi connectivity index (χ3n) is 4.22. The molecule has 2 aromatic carbocycles. The van der Waals surface area contributed by atoms with E-state index in [-0.39, 0.29) is 17.2 Å². The molecule has 0 spiro atoms. The summed E-state index contributed by atoms with van der Waals surface area (Å²) >= 11 is 1.25. The Morgan fingerprint density at radius 2 is 1.85 bits per heavy atom. The standard InChI is InChI=1S/C20H15NO4S/c1-11-8-17(23)24-18-12(2)19-15(9-14(11)18)21-20(25-19)26-10-16(22)13-6-4-3-5-7-13/h3-9H,10H2,1-2H3. The zero-order valence-electron chi connectivity index (χ0n) is 14.2. The minimum atomic E-state index is -0.389. The van der Waals surface area contributed by atoms with Gasteiger partial charge in [0.1, 0.15) is 11.1 Å². The van der Waals surface area contributed by atoms with Crippen molar-refractivity contribution in [3.8, 4) is 0 Å². The second kappa shape index (κ2) is 6.46. The molecule has 0 aliphatic carbocycles. The third kappa shape index (κ3) is 2.93. The molecular weight excluding hydrogens is 350 g/mol. The van der Waals surface area contributed by atoms with Crippen molar-refractivity contribution in [3.05, 3.63) is 69.6 Å². The average molecular weight is 365 g/mol. The van der Waals surface area contributed by atoms with Crippen molar-refractivity contribution in [2.24, 2.45) is 0 Å². The van der Waals surface area contributed by atoms with E-state index in [0.29, 0.717) is 27.5 Å². The van der Waals surface area contributed by atoms with Gasteiger partial charge in [-0.15, -0.1) is 0 Å². The number of aromatic nitrogens is 1. The van der Waals surface area contributed by atoms with Gasteiger partial charge in [-0.05, 0) is 25.5 Å². The van der Waals surface area contributed by atoms with Gasteiger partial charge in [-0.3, -0.25) is 4.79 Å². The van der Waals surface area contributed by atoms with E-state index in [4.69, 9.17) is 8.83 Å². The zero-order chi connectivity index (χ0) is 18.3. The number of aryl methyl sites for hydroxylation is 2. The van der Waals surface area contributed by atoms with Crippen molar-refractivity contribution >= 4 is 39.6 Å². The lowest BCUT2D eigenvalue weighted by Gasteiger charge is -2.03. The van der Waals surface area contributed by atoms with Gasteiger partial charge in [-0.25, -0.2) is 9.78 Å². The molecular formula is C20H15NO4S. The molecule has 4 rings (SSSR count). The molecule has 0 N–H and O–H groups in total. The van der Waals surface area contributed by atoms with Crippen molar-refractivity contribution in [1.29, 1.82) is 0 Å². The van der Waals surface area contributed by atoms with E-state index in [1.165, 1.54) is 17.8 Å². The van der Waals surface area contributed by atoms with Gasteiger partial charge in [-0.1, -0.05) is 42.1 Å². The highest BCUT2D eigenvalue weighted by Gasteiger charge is 2.16. The van der Waals surface area contributed by atoms with Crippen LogP contribution < -0.4 is 5.63 Å². The maximum absolute atomic E-state index is 12.2. The number of thioether (sulfide) groups is 1. The number of hydrogen-bond acceptors (Lipinski definition) is 6. The second-order valence-corrected chi connectivity index (χ2v) is 6.96. The Morgan fingerprint density at radius 3 is 2.62 bits per heavy atom. The highest BCUT2D eigenvalue weighted by Crippen LogP contribution is 2.32. The number of fused-ring (bicyclic) bond motifs is 2. The number of carbonyl (C=O) groups is 1. The molecule has 0 unspecified atom stereocenters. The van der Waals surface area contributed by atoms with Crippen LogP contribution >= 0.6 is 11.8 Å². The molecule has 5 nitrogen and oxygen atoms in total. The number of benzene rings is 2. The third-order valence-corrected chi connectivity index (χ3v) is 5.05. The molecule has 0 amide bonds. The van der Waals surface area contributed by atoms with Crippen LogP contribution in [0.1, 0.15) is 21.5 Å². The first-order valence-corrected chi connectivity index (χ1v) is 9.07. The molecule has 2 heterocycles. The molecule has 0 saturated carbocycles. The molecule has 0 bridgehead atoms. The molecule has 0 atom stereocenters. The van der Waals surface area contributed by atoms with Gasteiger partial charge in [0, 0.05) is 22.6 Å². The summed E-state index contributed by atoms with van der Waals surface area (Å²) in [7, 11) is 0. The molecule has 0 aliphatic rings. The minimum Gasteiger partial charge on any atom is -0.431 e. The summed E-state index contributed by atoms with van der Waals surface area (Å²) in [6.45, 7) is 3.70. The van der Waals surface area contributed by atoms with Crippen LogP contribution in [0.2, 0.25) is 0 Å². The van der Waals surface area contributed by atoms with Crippen molar-refractivity contribution in [2.75, 3.05) is 5.75 Å². The summed E-state index contributed by atoms with van der Waals surface area (Å²) in [4.78, 5) is 28.4. The normalized spacial score (nSPS) is 11.3. The Balaban J connectivity index is 1.68. The average Bonchev–Trinajstić information content (AvgIpc) is 3.05. The van der Waals surface area contributed by atoms with Crippen LogP contribution in [0, 0.1) is 13.8 Å². The number of hydrogen-bond donors (Lipinski definition) is 0. The summed E-state index contributed by atoms with van der Waals surface area (Å²) in [6, 6.07) is 12.4. The number of rotatable bonds is 4. The maximum atomic E-state index is 12.2. The molecule has 0 aliphatic heterocycles. The van der Waals surface area contributed by atoms with Gasteiger partial charge in [0.2, 0.25) is 0 Å². The van der Waals surface area contributed by atoms with Crippen molar-refractivity contribution in [2.45, 2.75) is 19.1 Å². The van der Waals surface area contributed by atoms with E-state index in [0.717, 1.165) is 16.5 Å². The van der Waals surface area contributed by atoms with Crippen molar-refractivity contribution < 1.29 is 13.6 Å². The lowest BCUT2D eigenvalue weighted by Crippen LogP contribution is -2.01. The summed E-state index contributed by atoms with van der Waals surface area (Å²) in [5, 5.41) is 1.25. The first-order valence-electron chi connectivity index (χ1n) is 8.08. The SMILES string of the molecule is Cc1cc(=O)oc2c(C)c3oc(SCC(=O)c4ccccc4)nc3cc12. The lowest BCUT2D eigenvalue weighted by molar-refractivity contribution is 0.102. The fourth-order valence-corrected chi connectivity index (χ4v) is 3.62. The van der Waals surface area contributed by atoms with E-state index in [1.54, 1.807) is 12.1 Å². The number of oxazole rings is 1. The first kappa shape index (κ1) is 16.6. The van der Waals surface area contributed by atoms with Gasteiger partial charge < -0.3 is 8.83 Å². The van der Waals surface area contributed by atoms with Gasteiger partial charge in [0.25, 0.3) is 5.22 Å². The molecule has 6 heteroatoms. The molecule has 0 radical (unpaired) electrons. The molecule has 2 aromatic heterocycles. The van der Waals surface area contributed by atoms with Crippen LogP contribution in [0.4, 0.5) is 0 Å². The fourth-order valence-electron chi connectivity index (χ4n) is 2.89. The minimum absolute atomic E-state index is 0.0154. The van der Waals surface area contributed by atoms with Crippen LogP contribution in [0.25, 0.3) is 22.1 Å². The van der Waals surface area contributed by atoms with Gasteiger partial charge in [0.15, 0.2) is 11.4 Å². The zero-order valence-corrected chi connectivity index (χ0v) is 15.1. The van der Waals surface area contributed by atoms with E-state index >= 15 is 0 Å². The highest BCUT2D eigenvalue weighted by molar-refractivity contribution is 7.99. The smallest absolute Gasteiger partial charge is 0.336 e. The van der Waals surface area contributed by atoms with E-state index < -0.39 is 0 Å². The Hall–Kier alpha value is -2.86. The van der Waals surface area contributed by atoms with Crippen LogP contribution in [-0.4, -0.2) is 16.5 Å². The van der Waals surface area contributed by atoms with Crippen LogP contribution in [0.15, 0.2) is 61.3 Å². The van der Waals surface area contributed by atoms with Crippen molar-refractivity contribution in [3.63, 3.8) is 0 Å². The van der Waals surface area contributed by atoms with Crippen LogP contribution in [0.3, 0.4) is 0 Å². The molecule has 26 heavy (non-hydrogen) atoms. The molecule has 0 saturated heterocycles. The predicted molar refractivity (Wildman–Crippen MR) is 101 cm³/mol. The monoisotopic (exact) mass is 365 g/mol. The molecule has 4 aromatic rings. The van der Waals surface area contributed by atoms with E-state index in [2.05, 4.69) is 4.98 Å². The Bertz CT molecular complexity index is 1190. The number of Topliss-reactive ketones (excluding diaryl/α,β-unsaturated/α-hetero) is 1. The summed E-state index contributed by atoms with van der Waals surface area (Å²) in [6.07, 6.45) is 0. The van der Waals surface area contributed by atoms with E-state index in [9.17, 15) is 9.59 Å². The number of nitrogens with zero attached hydrogens (tertiary/aromatic N) is 1. The first-order chi connectivity index (χ1) is 12.5. The summed E-state index contributed by atoms with van der Waals surface area (Å²) < 4.78 is 11.2. The van der Waals surface area contributed by atoms with Crippen LogP contribution in [-0.2, 0) is 0 Å². The van der Waals surface area contributed by atoms with E-state index in [1.807, 2.05) is 38.1 Å². The summed E-state index contributed by atoms with van der Waals surface area (Å²) in [5.41, 5.74) is 3.60. The number of ketones is 1. The fraction of sp³-hybridized carbons (Fsp3) is 0.150. The highest BCUT2D eigenvalue weighted by atomic mass is 32.2. The Labute approximate surface area is 153 Å². The second-order valence-electron chi connectivity index (χ2n) is 6.03.